The second-order valence-corrected chi connectivity index (χ2v) is 5.50. The number of amides is 1. The highest BCUT2D eigenvalue weighted by Gasteiger charge is 2.32. The average molecular weight is 293 g/mol. The van der Waals surface area contributed by atoms with Crippen LogP contribution >= 0.6 is 0 Å². The Balaban J connectivity index is 2.29. The first-order valence-electron chi connectivity index (χ1n) is 6.80. The molecule has 2 atom stereocenters. The lowest BCUT2D eigenvalue weighted by molar-refractivity contribution is -0.385. The van der Waals surface area contributed by atoms with Crippen LogP contribution in [0.5, 0.6) is 5.75 Å². The molecule has 1 amide bonds. The number of rotatable bonds is 2. The first kappa shape index (κ1) is 15.2. The molecule has 1 saturated heterocycles. The van der Waals surface area contributed by atoms with E-state index in [-0.39, 0.29) is 23.6 Å². The van der Waals surface area contributed by atoms with Crippen molar-refractivity contribution in [3.05, 3.63) is 33.9 Å². The Morgan fingerprint density at radius 3 is 2.43 bits per heavy atom. The molecule has 1 aliphatic rings. The molecular weight excluding hydrogens is 274 g/mol. The second-order valence-electron chi connectivity index (χ2n) is 5.50. The molecular formula is C14H19N3O4. The molecule has 1 aliphatic heterocycles. The van der Waals surface area contributed by atoms with Crippen molar-refractivity contribution in [3.63, 3.8) is 0 Å². The molecule has 0 radical (unpaired) electrons. The number of carbonyl (C=O) groups is 1. The highest BCUT2D eigenvalue weighted by Crippen LogP contribution is 2.30. The van der Waals surface area contributed by atoms with Gasteiger partial charge in [0.05, 0.1) is 10.5 Å². The van der Waals surface area contributed by atoms with Crippen LogP contribution in [0.2, 0.25) is 0 Å². The Kier molecular flexibility index (Phi) is 4.13. The number of nitro benzene ring substituents is 1. The van der Waals surface area contributed by atoms with E-state index in [1.54, 1.807) is 4.90 Å². The van der Waals surface area contributed by atoms with Crippen molar-refractivity contribution < 1.29 is 14.8 Å². The standard InChI is InChI=1S/C14H19N3O4/c1-9-7-16(8-10(2)15(9)3)14(19)11-5-4-6-12(13(11)18)17(20)21/h4-6,9-10,18H,7-8H2,1-3H3. The maximum Gasteiger partial charge on any atom is 0.311 e. The van der Waals surface area contributed by atoms with Crippen LogP contribution in [0.1, 0.15) is 24.2 Å². The van der Waals surface area contributed by atoms with Gasteiger partial charge in [-0.25, -0.2) is 0 Å². The SMILES string of the molecule is CC1CN(C(=O)c2cccc([N+](=O)[O-])c2O)CC(C)N1C. The van der Waals surface area contributed by atoms with Crippen molar-refractivity contribution in [1.29, 1.82) is 0 Å². The maximum absolute atomic E-state index is 12.5. The summed E-state index contributed by atoms with van der Waals surface area (Å²) in [5.74, 6) is -0.935. The van der Waals surface area contributed by atoms with Crippen LogP contribution in [-0.2, 0) is 0 Å². The van der Waals surface area contributed by atoms with E-state index in [2.05, 4.69) is 4.90 Å². The Morgan fingerprint density at radius 2 is 1.90 bits per heavy atom. The van der Waals surface area contributed by atoms with Gasteiger partial charge in [-0.2, -0.15) is 0 Å². The number of aromatic hydroxyl groups is 1. The largest absolute Gasteiger partial charge is 0.502 e. The summed E-state index contributed by atoms with van der Waals surface area (Å²) in [6.45, 7) is 5.09. The Morgan fingerprint density at radius 1 is 1.33 bits per heavy atom. The van der Waals surface area contributed by atoms with E-state index >= 15 is 0 Å². The lowest BCUT2D eigenvalue weighted by atomic mass is 10.1. The fourth-order valence-corrected chi connectivity index (χ4v) is 2.59. The molecule has 21 heavy (non-hydrogen) atoms. The fourth-order valence-electron chi connectivity index (χ4n) is 2.59. The average Bonchev–Trinajstić information content (AvgIpc) is 2.43. The zero-order valence-electron chi connectivity index (χ0n) is 12.3. The highest BCUT2D eigenvalue weighted by molar-refractivity contribution is 5.98. The number of benzene rings is 1. The number of phenols is 1. The second kappa shape index (κ2) is 5.69. The minimum absolute atomic E-state index is 0.0202. The third kappa shape index (κ3) is 2.82. The lowest BCUT2D eigenvalue weighted by Crippen LogP contribution is -2.56. The topological polar surface area (TPSA) is 86.9 Å². The van der Waals surface area contributed by atoms with Crippen LogP contribution in [0.15, 0.2) is 18.2 Å². The number of para-hydroxylation sites is 1. The monoisotopic (exact) mass is 293 g/mol. The van der Waals surface area contributed by atoms with Gasteiger partial charge >= 0.3 is 5.69 Å². The molecule has 2 unspecified atom stereocenters. The van der Waals surface area contributed by atoms with Gasteiger partial charge in [-0.05, 0) is 27.0 Å². The number of likely N-dealkylation sites (N-methyl/N-ethyl adjacent to an activating group) is 1. The molecule has 0 aromatic heterocycles. The van der Waals surface area contributed by atoms with Gasteiger partial charge in [0.15, 0.2) is 0 Å². The fraction of sp³-hybridized carbons (Fsp3) is 0.500. The number of nitro groups is 1. The molecule has 7 nitrogen and oxygen atoms in total. The number of hydrogen-bond donors (Lipinski definition) is 1. The normalized spacial score (nSPS) is 23.1. The van der Waals surface area contributed by atoms with Crippen LogP contribution < -0.4 is 0 Å². The van der Waals surface area contributed by atoms with Crippen molar-refractivity contribution in [1.82, 2.24) is 9.80 Å². The highest BCUT2D eigenvalue weighted by atomic mass is 16.6. The van der Waals surface area contributed by atoms with Gasteiger partial charge in [0.2, 0.25) is 5.75 Å². The quantitative estimate of drug-likeness (QED) is 0.659. The van der Waals surface area contributed by atoms with Crippen LogP contribution in [0.25, 0.3) is 0 Å². The minimum atomic E-state index is -0.693. The van der Waals surface area contributed by atoms with Crippen molar-refractivity contribution in [2.24, 2.45) is 0 Å². The van der Waals surface area contributed by atoms with Gasteiger partial charge in [-0.3, -0.25) is 19.8 Å². The summed E-state index contributed by atoms with van der Waals surface area (Å²) < 4.78 is 0. The molecule has 1 N–H and O–H groups in total. The van der Waals surface area contributed by atoms with Crippen molar-refractivity contribution in [2.45, 2.75) is 25.9 Å². The van der Waals surface area contributed by atoms with Gasteiger partial charge in [-0.15, -0.1) is 0 Å². The molecule has 0 spiro atoms. The predicted octanol–water partition coefficient (Wildman–Crippen LogP) is 1.47. The Hall–Kier alpha value is -2.15. The minimum Gasteiger partial charge on any atom is -0.502 e. The summed E-state index contributed by atoms with van der Waals surface area (Å²) in [7, 11) is 2.00. The molecule has 0 saturated carbocycles. The van der Waals surface area contributed by atoms with Gasteiger partial charge in [0, 0.05) is 31.2 Å². The van der Waals surface area contributed by atoms with Gasteiger partial charge in [0.1, 0.15) is 0 Å². The summed E-state index contributed by atoms with van der Waals surface area (Å²) in [6.07, 6.45) is 0. The van der Waals surface area contributed by atoms with Gasteiger partial charge < -0.3 is 10.0 Å². The Bertz CT molecular complexity index is 563. The Labute approximate surface area is 122 Å². The van der Waals surface area contributed by atoms with E-state index in [1.807, 2.05) is 20.9 Å². The first-order valence-corrected chi connectivity index (χ1v) is 6.80. The number of carbonyl (C=O) groups excluding carboxylic acids is 1. The molecule has 0 aliphatic carbocycles. The summed E-state index contributed by atoms with van der Waals surface area (Å²) in [5.41, 5.74) is -0.468. The predicted molar refractivity (Wildman–Crippen MR) is 77.4 cm³/mol. The van der Waals surface area contributed by atoms with E-state index in [9.17, 15) is 20.0 Å². The molecule has 1 aromatic rings. The zero-order chi connectivity index (χ0) is 15.7. The summed E-state index contributed by atoms with van der Waals surface area (Å²) in [4.78, 5) is 26.5. The smallest absolute Gasteiger partial charge is 0.311 e. The number of piperazine rings is 1. The van der Waals surface area contributed by atoms with Gasteiger partial charge in [-0.1, -0.05) is 6.07 Å². The zero-order valence-corrected chi connectivity index (χ0v) is 12.3. The van der Waals surface area contributed by atoms with Crippen molar-refractivity contribution in [3.8, 4) is 5.75 Å². The summed E-state index contributed by atoms with van der Waals surface area (Å²) in [5, 5.41) is 20.8. The van der Waals surface area contributed by atoms with Crippen LogP contribution in [0.3, 0.4) is 0 Å². The number of nitrogens with zero attached hydrogens (tertiary/aromatic N) is 3. The van der Waals surface area contributed by atoms with E-state index in [0.29, 0.717) is 13.1 Å². The third-order valence-corrected chi connectivity index (χ3v) is 4.09. The lowest BCUT2D eigenvalue weighted by Gasteiger charge is -2.42. The molecule has 1 fully saturated rings. The molecule has 1 heterocycles. The molecule has 0 bridgehead atoms. The summed E-state index contributed by atoms with van der Waals surface area (Å²) in [6, 6.07) is 4.39. The van der Waals surface area contributed by atoms with Crippen LogP contribution in [-0.4, -0.2) is 58.0 Å². The third-order valence-electron chi connectivity index (χ3n) is 4.09. The van der Waals surface area contributed by atoms with Crippen molar-refractivity contribution in [2.75, 3.05) is 20.1 Å². The summed E-state index contributed by atoms with van der Waals surface area (Å²) >= 11 is 0. The van der Waals surface area contributed by atoms with Crippen LogP contribution in [0, 0.1) is 10.1 Å². The molecule has 2 rings (SSSR count). The maximum atomic E-state index is 12.5. The molecule has 7 heteroatoms. The van der Waals surface area contributed by atoms with Gasteiger partial charge in [0.25, 0.3) is 5.91 Å². The van der Waals surface area contributed by atoms with Crippen molar-refractivity contribution >= 4 is 11.6 Å². The molecule has 114 valence electrons. The number of hydrogen-bond acceptors (Lipinski definition) is 5. The first-order chi connectivity index (χ1) is 9.82. The number of phenolic OH excluding ortho intramolecular Hbond substituents is 1. The van der Waals surface area contributed by atoms with E-state index in [4.69, 9.17) is 0 Å². The van der Waals surface area contributed by atoms with Crippen LogP contribution in [0.4, 0.5) is 5.69 Å². The molecule has 1 aromatic carbocycles. The van der Waals surface area contributed by atoms with E-state index in [0.717, 1.165) is 0 Å². The van der Waals surface area contributed by atoms with E-state index < -0.39 is 16.4 Å². The van der Waals surface area contributed by atoms with E-state index in [1.165, 1.54) is 18.2 Å².